The lowest BCUT2D eigenvalue weighted by Crippen LogP contribution is -2.16. The fraction of sp³-hybridized carbons (Fsp3) is 0.500. The summed E-state index contributed by atoms with van der Waals surface area (Å²) in [5.74, 6) is 1.59. The molecule has 0 bridgehead atoms. The van der Waals surface area contributed by atoms with Crippen LogP contribution in [0.2, 0.25) is 0 Å². The summed E-state index contributed by atoms with van der Waals surface area (Å²) in [5.41, 5.74) is 0.916. The van der Waals surface area contributed by atoms with E-state index in [0.717, 1.165) is 12.8 Å². The highest BCUT2D eigenvalue weighted by atomic mass is 32.2. The van der Waals surface area contributed by atoms with Crippen LogP contribution in [0.25, 0.3) is 0 Å². The van der Waals surface area contributed by atoms with E-state index in [-0.39, 0.29) is 0 Å². The molecule has 0 unspecified atom stereocenters. The molecule has 2 heterocycles. The maximum absolute atomic E-state index is 11.9. The molecule has 1 aliphatic rings. The normalized spacial score (nSPS) is 13.9. The Bertz CT molecular complexity index is 714. The summed E-state index contributed by atoms with van der Waals surface area (Å²) in [6.45, 7) is 0. The van der Waals surface area contributed by atoms with Crippen LogP contribution in [0.15, 0.2) is 15.8 Å². The SMILES string of the molecule is COC(=O)c1cnc(N(C)C)nc1CSc1nnc(C2CC2)o1. The maximum atomic E-state index is 11.9. The molecule has 122 valence electrons. The summed E-state index contributed by atoms with van der Waals surface area (Å²) in [6, 6.07) is 0. The van der Waals surface area contributed by atoms with Crippen LogP contribution in [-0.2, 0) is 10.5 Å². The van der Waals surface area contributed by atoms with Gasteiger partial charge in [0.05, 0.1) is 12.8 Å². The zero-order valence-electron chi connectivity index (χ0n) is 13.1. The van der Waals surface area contributed by atoms with E-state index in [1.807, 2.05) is 14.1 Å². The van der Waals surface area contributed by atoms with Crippen molar-refractivity contribution in [1.29, 1.82) is 0 Å². The van der Waals surface area contributed by atoms with Crippen molar-refractivity contribution in [3.8, 4) is 0 Å². The Balaban J connectivity index is 1.78. The summed E-state index contributed by atoms with van der Waals surface area (Å²) in [7, 11) is 5.01. The average Bonchev–Trinajstić information content (AvgIpc) is 3.30. The lowest BCUT2D eigenvalue weighted by Gasteiger charge is -2.12. The van der Waals surface area contributed by atoms with Crippen LogP contribution in [0.1, 0.15) is 40.7 Å². The molecule has 1 fully saturated rings. The maximum Gasteiger partial charge on any atom is 0.341 e. The van der Waals surface area contributed by atoms with Crippen LogP contribution in [0, 0.1) is 0 Å². The summed E-state index contributed by atoms with van der Waals surface area (Å²) in [5, 5.41) is 8.54. The zero-order valence-corrected chi connectivity index (χ0v) is 14.0. The Morgan fingerprint density at radius 2 is 2.22 bits per heavy atom. The predicted octanol–water partition coefficient (Wildman–Crippen LogP) is 1.88. The number of thioether (sulfide) groups is 1. The number of methoxy groups -OCH3 is 1. The number of ether oxygens (including phenoxy) is 1. The molecule has 0 aliphatic heterocycles. The van der Waals surface area contributed by atoms with Gasteiger partial charge < -0.3 is 14.1 Å². The van der Waals surface area contributed by atoms with E-state index in [2.05, 4.69) is 20.2 Å². The second-order valence-corrected chi connectivity index (χ2v) is 6.31. The van der Waals surface area contributed by atoms with Crippen LogP contribution < -0.4 is 4.90 Å². The molecule has 9 heteroatoms. The van der Waals surface area contributed by atoms with Crippen molar-refractivity contribution < 1.29 is 13.9 Å². The van der Waals surface area contributed by atoms with Gasteiger partial charge in [0.25, 0.3) is 5.22 Å². The van der Waals surface area contributed by atoms with Gasteiger partial charge in [-0.3, -0.25) is 0 Å². The first kappa shape index (κ1) is 15.7. The first-order chi connectivity index (χ1) is 11.1. The van der Waals surface area contributed by atoms with Gasteiger partial charge in [0.1, 0.15) is 5.56 Å². The topological polar surface area (TPSA) is 94.2 Å². The lowest BCUT2D eigenvalue weighted by atomic mass is 10.2. The standard InChI is InChI=1S/C14H17N5O3S/c1-19(2)13-15-6-9(12(20)21-3)10(16-13)7-23-14-18-17-11(22-14)8-4-5-8/h6,8H,4-5,7H2,1-3H3. The summed E-state index contributed by atoms with van der Waals surface area (Å²) < 4.78 is 10.4. The highest BCUT2D eigenvalue weighted by Crippen LogP contribution is 2.40. The monoisotopic (exact) mass is 335 g/mol. The highest BCUT2D eigenvalue weighted by Gasteiger charge is 2.29. The van der Waals surface area contributed by atoms with Gasteiger partial charge in [-0.15, -0.1) is 10.2 Å². The minimum absolute atomic E-state index is 0.340. The van der Waals surface area contributed by atoms with Gasteiger partial charge in [-0.1, -0.05) is 11.8 Å². The van der Waals surface area contributed by atoms with E-state index in [1.54, 1.807) is 4.90 Å². The fourth-order valence-electron chi connectivity index (χ4n) is 1.92. The average molecular weight is 335 g/mol. The highest BCUT2D eigenvalue weighted by molar-refractivity contribution is 7.98. The molecule has 0 atom stereocenters. The number of hydrogen-bond acceptors (Lipinski definition) is 9. The zero-order chi connectivity index (χ0) is 16.4. The number of rotatable bonds is 6. The number of anilines is 1. The van der Waals surface area contributed by atoms with Crippen LogP contribution in [0.4, 0.5) is 5.95 Å². The smallest absolute Gasteiger partial charge is 0.341 e. The van der Waals surface area contributed by atoms with Crippen molar-refractivity contribution >= 4 is 23.7 Å². The van der Waals surface area contributed by atoms with Gasteiger partial charge in [-0.2, -0.15) is 0 Å². The molecule has 0 amide bonds. The van der Waals surface area contributed by atoms with E-state index in [0.29, 0.717) is 40.0 Å². The van der Waals surface area contributed by atoms with E-state index in [9.17, 15) is 4.79 Å². The lowest BCUT2D eigenvalue weighted by molar-refractivity contribution is 0.0598. The molecule has 0 aromatic carbocycles. The molecule has 23 heavy (non-hydrogen) atoms. The Morgan fingerprint density at radius 1 is 1.43 bits per heavy atom. The van der Waals surface area contributed by atoms with Crippen molar-refractivity contribution in [2.45, 2.75) is 29.7 Å². The van der Waals surface area contributed by atoms with E-state index in [4.69, 9.17) is 9.15 Å². The Hall–Kier alpha value is -2.16. The van der Waals surface area contributed by atoms with Gasteiger partial charge in [0.2, 0.25) is 11.8 Å². The quantitative estimate of drug-likeness (QED) is 0.579. The second kappa shape index (κ2) is 6.53. The summed E-state index contributed by atoms with van der Waals surface area (Å²) in [6.07, 6.45) is 3.70. The van der Waals surface area contributed by atoms with Gasteiger partial charge in [0, 0.05) is 32.0 Å². The van der Waals surface area contributed by atoms with E-state index in [1.165, 1.54) is 25.1 Å². The Labute approximate surface area is 137 Å². The van der Waals surface area contributed by atoms with Crippen molar-refractivity contribution in [2.24, 2.45) is 0 Å². The molecule has 2 aromatic rings. The first-order valence-corrected chi connectivity index (χ1v) is 8.14. The molecule has 0 radical (unpaired) electrons. The van der Waals surface area contributed by atoms with Crippen molar-refractivity contribution in [1.82, 2.24) is 20.2 Å². The molecular formula is C14H17N5O3S. The van der Waals surface area contributed by atoms with Crippen molar-refractivity contribution in [3.63, 3.8) is 0 Å². The minimum Gasteiger partial charge on any atom is -0.465 e. The Kier molecular flexibility index (Phi) is 4.46. The second-order valence-electron chi connectivity index (χ2n) is 5.39. The first-order valence-electron chi connectivity index (χ1n) is 7.16. The molecule has 0 saturated heterocycles. The number of hydrogen-bond donors (Lipinski definition) is 0. The summed E-state index contributed by atoms with van der Waals surface area (Å²) >= 11 is 1.35. The van der Waals surface area contributed by atoms with Crippen LogP contribution in [-0.4, -0.2) is 47.3 Å². The third-order valence-corrected chi connectivity index (χ3v) is 4.17. The van der Waals surface area contributed by atoms with Crippen LogP contribution in [0.3, 0.4) is 0 Å². The minimum atomic E-state index is -0.463. The van der Waals surface area contributed by atoms with E-state index >= 15 is 0 Å². The number of nitrogens with zero attached hydrogens (tertiary/aromatic N) is 5. The molecular weight excluding hydrogens is 318 g/mol. The number of carbonyl (C=O) groups excluding carboxylic acids is 1. The van der Waals surface area contributed by atoms with Gasteiger partial charge >= 0.3 is 5.97 Å². The third kappa shape index (κ3) is 3.61. The molecule has 3 rings (SSSR count). The summed E-state index contributed by atoms with van der Waals surface area (Å²) in [4.78, 5) is 22.2. The van der Waals surface area contributed by atoms with E-state index < -0.39 is 5.97 Å². The molecule has 1 saturated carbocycles. The third-order valence-electron chi connectivity index (χ3n) is 3.34. The fourth-order valence-corrected chi connectivity index (χ4v) is 2.64. The molecule has 1 aliphatic carbocycles. The van der Waals surface area contributed by atoms with Crippen LogP contribution in [0.5, 0.6) is 0 Å². The largest absolute Gasteiger partial charge is 0.465 e. The number of esters is 1. The van der Waals surface area contributed by atoms with Crippen LogP contribution >= 0.6 is 11.8 Å². The van der Waals surface area contributed by atoms with Gasteiger partial charge in [0.15, 0.2) is 0 Å². The molecule has 0 N–H and O–H groups in total. The van der Waals surface area contributed by atoms with Crippen molar-refractivity contribution in [3.05, 3.63) is 23.3 Å². The van der Waals surface area contributed by atoms with Gasteiger partial charge in [-0.25, -0.2) is 14.8 Å². The predicted molar refractivity (Wildman–Crippen MR) is 83.5 cm³/mol. The Morgan fingerprint density at radius 3 is 2.87 bits per heavy atom. The number of aromatic nitrogens is 4. The molecule has 0 spiro atoms. The molecule has 8 nitrogen and oxygen atoms in total. The van der Waals surface area contributed by atoms with Crippen molar-refractivity contribution in [2.75, 3.05) is 26.1 Å². The molecule has 2 aromatic heterocycles. The number of carbonyl (C=O) groups is 1. The van der Waals surface area contributed by atoms with Gasteiger partial charge in [-0.05, 0) is 12.8 Å².